The first-order chi connectivity index (χ1) is 13.5. The Kier molecular flexibility index (Phi) is 5.89. The summed E-state index contributed by atoms with van der Waals surface area (Å²) in [5.74, 6) is -0.261. The molecule has 1 aliphatic rings. The van der Waals surface area contributed by atoms with E-state index < -0.39 is 0 Å². The zero-order valence-corrected chi connectivity index (χ0v) is 15.8. The number of amides is 3. The van der Waals surface area contributed by atoms with E-state index in [4.69, 9.17) is 0 Å². The number of aryl methyl sites for hydroxylation is 1. The molecule has 3 rings (SSSR count). The van der Waals surface area contributed by atoms with Crippen LogP contribution in [0.15, 0.2) is 55.1 Å². The maximum Gasteiger partial charge on any atom is 0.247 e. The Morgan fingerprint density at radius 3 is 2.46 bits per heavy atom. The molecule has 0 aromatic heterocycles. The van der Waals surface area contributed by atoms with Crippen LogP contribution in [0, 0.1) is 0 Å². The van der Waals surface area contributed by atoms with Crippen LogP contribution in [0.25, 0.3) is 0 Å². The molecule has 3 amide bonds. The molecule has 0 radical (unpaired) electrons. The standard InChI is InChI=1S/C22H23N3O3/c1-3-20(26)23-17-8-5-15(6-9-17)13-21(27)24-18-10-11-19-16(14-18)7-12-22(28)25(19)4-2/h3,5-6,8-11,14H,1,4,7,12-13H2,2H3,(H,23,26)(H,24,27). The third-order valence-electron chi connectivity index (χ3n) is 4.65. The molecule has 2 aromatic rings. The van der Waals surface area contributed by atoms with Crippen molar-refractivity contribution in [2.24, 2.45) is 0 Å². The number of rotatable bonds is 6. The first kappa shape index (κ1) is 19.4. The van der Waals surface area contributed by atoms with Gasteiger partial charge in [-0.1, -0.05) is 18.7 Å². The van der Waals surface area contributed by atoms with E-state index in [0.29, 0.717) is 25.1 Å². The number of nitrogens with zero attached hydrogens (tertiary/aromatic N) is 1. The van der Waals surface area contributed by atoms with E-state index >= 15 is 0 Å². The van der Waals surface area contributed by atoms with Gasteiger partial charge < -0.3 is 15.5 Å². The fourth-order valence-electron chi connectivity index (χ4n) is 3.27. The fourth-order valence-corrected chi connectivity index (χ4v) is 3.27. The minimum Gasteiger partial charge on any atom is -0.326 e. The molecule has 0 unspecified atom stereocenters. The number of benzene rings is 2. The molecule has 0 fully saturated rings. The zero-order chi connectivity index (χ0) is 20.1. The van der Waals surface area contributed by atoms with Gasteiger partial charge in [0.15, 0.2) is 0 Å². The van der Waals surface area contributed by atoms with Gasteiger partial charge in [-0.15, -0.1) is 0 Å². The number of hydrogen-bond acceptors (Lipinski definition) is 3. The monoisotopic (exact) mass is 377 g/mol. The van der Waals surface area contributed by atoms with Gasteiger partial charge in [0.2, 0.25) is 17.7 Å². The van der Waals surface area contributed by atoms with E-state index in [2.05, 4.69) is 17.2 Å². The van der Waals surface area contributed by atoms with Gasteiger partial charge in [-0.25, -0.2) is 0 Å². The molecule has 0 saturated heterocycles. The lowest BCUT2D eigenvalue weighted by atomic mass is 10.0. The largest absolute Gasteiger partial charge is 0.326 e. The van der Waals surface area contributed by atoms with Gasteiger partial charge in [0, 0.05) is 30.0 Å². The average molecular weight is 377 g/mol. The summed E-state index contributed by atoms with van der Waals surface area (Å²) in [6.07, 6.45) is 2.61. The van der Waals surface area contributed by atoms with Gasteiger partial charge in [-0.05, 0) is 60.9 Å². The lowest BCUT2D eigenvalue weighted by Gasteiger charge is -2.28. The highest BCUT2D eigenvalue weighted by molar-refractivity contribution is 5.99. The van der Waals surface area contributed by atoms with Crippen molar-refractivity contribution < 1.29 is 14.4 Å². The Morgan fingerprint density at radius 1 is 1.07 bits per heavy atom. The summed E-state index contributed by atoms with van der Waals surface area (Å²) in [7, 11) is 0. The van der Waals surface area contributed by atoms with Gasteiger partial charge in [-0.2, -0.15) is 0 Å². The fraction of sp³-hybridized carbons (Fsp3) is 0.227. The highest BCUT2D eigenvalue weighted by Gasteiger charge is 2.22. The number of nitrogens with one attached hydrogen (secondary N) is 2. The Hall–Kier alpha value is -3.41. The number of fused-ring (bicyclic) bond motifs is 1. The van der Waals surface area contributed by atoms with Crippen LogP contribution in [0.1, 0.15) is 24.5 Å². The number of hydrogen-bond donors (Lipinski definition) is 2. The topological polar surface area (TPSA) is 78.5 Å². The maximum atomic E-state index is 12.4. The van der Waals surface area contributed by atoms with Gasteiger partial charge in [0.25, 0.3) is 0 Å². The van der Waals surface area contributed by atoms with Gasteiger partial charge in [0.05, 0.1) is 6.42 Å². The molecular formula is C22H23N3O3. The van der Waals surface area contributed by atoms with Crippen LogP contribution in [-0.2, 0) is 27.2 Å². The van der Waals surface area contributed by atoms with Crippen molar-refractivity contribution in [2.75, 3.05) is 22.1 Å². The summed E-state index contributed by atoms with van der Waals surface area (Å²) in [5.41, 5.74) is 4.22. The van der Waals surface area contributed by atoms with E-state index in [9.17, 15) is 14.4 Å². The molecule has 6 nitrogen and oxygen atoms in total. The second-order valence-corrected chi connectivity index (χ2v) is 6.60. The molecule has 0 bridgehead atoms. The SMILES string of the molecule is C=CC(=O)Nc1ccc(CC(=O)Nc2ccc3c(c2)CCC(=O)N3CC)cc1. The zero-order valence-electron chi connectivity index (χ0n) is 15.8. The second kappa shape index (κ2) is 8.52. The average Bonchev–Trinajstić information content (AvgIpc) is 2.69. The van der Waals surface area contributed by atoms with E-state index in [1.807, 2.05) is 25.1 Å². The van der Waals surface area contributed by atoms with Crippen molar-refractivity contribution in [3.63, 3.8) is 0 Å². The second-order valence-electron chi connectivity index (χ2n) is 6.60. The van der Waals surface area contributed by atoms with Crippen molar-refractivity contribution in [1.82, 2.24) is 0 Å². The smallest absolute Gasteiger partial charge is 0.247 e. The predicted molar refractivity (Wildman–Crippen MR) is 110 cm³/mol. The van der Waals surface area contributed by atoms with Crippen LogP contribution in [0.2, 0.25) is 0 Å². The molecule has 144 valence electrons. The summed E-state index contributed by atoms with van der Waals surface area (Å²) in [6, 6.07) is 12.8. The van der Waals surface area contributed by atoms with Crippen LogP contribution >= 0.6 is 0 Å². The third-order valence-corrected chi connectivity index (χ3v) is 4.65. The van der Waals surface area contributed by atoms with Gasteiger partial charge in [0.1, 0.15) is 0 Å². The Bertz CT molecular complexity index is 919. The third kappa shape index (κ3) is 4.46. The Balaban J connectivity index is 1.63. The van der Waals surface area contributed by atoms with Gasteiger partial charge >= 0.3 is 0 Å². The maximum absolute atomic E-state index is 12.4. The highest BCUT2D eigenvalue weighted by atomic mass is 16.2. The summed E-state index contributed by atoms with van der Waals surface area (Å²) < 4.78 is 0. The molecule has 6 heteroatoms. The van der Waals surface area contributed by atoms with Crippen molar-refractivity contribution in [2.45, 2.75) is 26.2 Å². The molecule has 0 aliphatic carbocycles. The first-order valence-electron chi connectivity index (χ1n) is 9.25. The minimum absolute atomic E-state index is 0.123. The predicted octanol–water partition coefficient (Wildman–Crippen LogP) is 3.29. The van der Waals surface area contributed by atoms with Crippen molar-refractivity contribution in [3.8, 4) is 0 Å². The summed E-state index contributed by atoms with van der Waals surface area (Å²) in [6.45, 7) is 6.00. The number of anilines is 3. The van der Waals surface area contributed by atoms with Gasteiger partial charge in [-0.3, -0.25) is 14.4 Å². The lowest BCUT2D eigenvalue weighted by Crippen LogP contribution is -2.34. The molecular weight excluding hydrogens is 354 g/mol. The van der Waals surface area contributed by atoms with Crippen LogP contribution in [0.5, 0.6) is 0 Å². The highest BCUT2D eigenvalue weighted by Crippen LogP contribution is 2.30. The summed E-state index contributed by atoms with van der Waals surface area (Å²) in [4.78, 5) is 37.4. The molecule has 2 aromatic carbocycles. The number of carbonyl (C=O) groups is 3. The minimum atomic E-state index is -0.277. The number of carbonyl (C=O) groups excluding carboxylic acids is 3. The first-order valence-corrected chi connectivity index (χ1v) is 9.25. The lowest BCUT2D eigenvalue weighted by molar-refractivity contribution is -0.119. The van der Waals surface area contributed by atoms with E-state index in [0.717, 1.165) is 22.5 Å². The van der Waals surface area contributed by atoms with Crippen LogP contribution in [0.4, 0.5) is 17.1 Å². The molecule has 1 aliphatic heterocycles. The van der Waals surface area contributed by atoms with E-state index in [1.54, 1.807) is 29.2 Å². The van der Waals surface area contributed by atoms with E-state index in [1.165, 1.54) is 6.08 Å². The molecule has 0 spiro atoms. The van der Waals surface area contributed by atoms with Crippen LogP contribution in [0.3, 0.4) is 0 Å². The Labute approximate surface area is 164 Å². The molecule has 0 atom stereocenters. The van der Waals surface area contributed by atoms with Crippen molar-refractivity contribution in [1.29, 1.82) is 0 Å². The quantitative estimate of drug-likeness (QED) is 0.758. The van der Waals surface area contributed by atoms with Crippen molar-refractivity contribution >= 4 is 34.8 Å². The summed E-state index contributed by atoms with van der Waals surface area (Å²) >= 11 is 0. The summed E-state index contributed by atoms with van der Waals surface area (Å²) in [5, 5.41) is 5.58. The van der Waals surface area contributed by atoms with E-state index in [-0.39, 0.29) is 24.1 Å². The van der Waals surface area contributed by atoms with Crippen LogP contribution < -0.4 is 15.5 Å². The normalized spacial score (nSPS) is 12.9. The molecule has 28 heavy (non-hydrogen) atoms. The van der Waals surface area contributed by atoms with Crippen LogP contribution in [-0.4, -0.2) is 24.3 Å². The van der Waals surface area contributed by atoms with Crippen molar-refractivity contribution in [3.05, 3.63) is 66.2 Å². The molecule has 1 heterocycles. The molecule has 0 saturated carbocycles. The molecule has 2 N–H and O–H groups in total. The Morgan fingerprint density at radius 2 is 1.79 bits per heavy atom.